The van der Waals surface area contributed by atoms with Crippen LogP contribution in [0.4, 0.5) is 10.1 Å². The summed E-state index contributed by atoms with van der Waals surface area (Å²) in [6.45, 7) is 2.38. The van der Waals surface area contributed by atoms with E-state index in [1.54, 1.807) is 11.0 Å². The van der Waals surface area contributed by atoms with Gasteiger partial charge in [0.2, 0.25) is 11.6 Å². The summed E-state index contributed by atoms with van der Waals surface area (Å²) in [5, 5.41) is 11.3. The maximum absolute atomic E-state index is 13.8. The third kappa shape index (κ3) is 4.41. The monoisotopic (exact) mass is 442 g/mol. The lowest BCUT2D eigenvalue weighted by atomic mass is 9.92. The molecule has 0 aliphatic carbocycles. The molecule has 1 amide bonds. The summed E-state index contributed by atoms with van der Waals surface area (Å²) >= 11 is 5.98. The number of benzene rings is 1. The Morgan fingerprint density at radius 3 is 3.06 bits per heavy atom. The standard InChI is InChI=1S/C21H20ClFN6O2/c1-12-2-3-13(19-27-18-8-14(22)10-25-20(18)31-19)11-29(12)21(30)16-5-4-15(23)9-17(16)28-26-7-6-24/h4-10,12-13,24,28H,2-3,11H2,1H3/b24-6?,26-7-/t12-,13?/m1/s1. The number of hydrazone groups is 1. The summed E-state index contributed by atoms with van der Waals surface area (Å²) in [5.41, 5.74) is 4.15. The number of hydrogen-bond donors (Lipinski definition) is 2. The number of halogens is 2. The largest absolute Gasteiger partial charge is 0.422 e. The average molecular weight is 443 g/mol. The molecule has 0 spiro atoms. The van der Waals surface area contributed by atoms with Gasteiger partial charge in [-0.05, 0) is 44.0 Å². The Labute approximate surface area is 182 Å². The smallest absolute Gasteiger partial charge is 0.256 e. The van der Waals surface area contributed by atoms with E-state index in [1.165, 1.54) is 30.6 Å². The number of amides is 1. The van der Waals surface area contributed by atoms with Gasteiger partial charge in [0.05, 0.1) is 28.4 Å². The molecule has 3 aromatic rings. The molecule has 2 atom stereocenters. The van der Waals surface area contributed by atoms with Crippen LogP contribution in [0.3, 0.4) is 0 Å². The zero-order valence-corrected chi connectivity index (χ0v) is 17.4. The van der Waals surface area contributed by atoms with Gasteiger partial charge < -0.3 is 14.7 Å². The number of oxazole rings is 1. The molecule has 1 saturated heterocycles. The summed E-state index contributed by atoms with van der Waals surface area (Å²) < 4.78 is 19.6. The minimum atomic E-state index is -0.494. The molecular weight excluding hydrogens is 423 g/mol. The number of nitrogens with one attached hydrogen (secondary N) is 2. The van der Waals surface area contributed by atoms with Gasteiger partial charge in [0.25, 0.3) is 5.91 Å². The van der Waals surface area contributed by atoms with Crippen LogP contribution in [-0.2, 0) is 0 Å². The van der Waals surface area contributed by atoms with E-state index in [0.29, 0.717) is 34.3 Å². The fourth-order valence-electron chi connectivity index (χ4n) is 3.68. The normalized spacial score (nSPS) is 19.1. The lowest BCUT2D eigenvalue weighted by Crippen LogP contribution is -2.45. The molecule has 160 valence electrons. The Morgan fingerprint density at radius 2 is 2.26 bits per heavy atom. The van der Waals surface area contributed by atoms with Crippen molar-refractivity contribution in [1.82, 2.24) is 14.9 Å². The van der Waals surface area contributed by atoms with Crippen LogP contribution in [0, 0.1) is 11.2 Å². The number of likely N-dealkylation sites (tertiary alicyclic amines) is 1. The molecule has 1 unspecified atom stereocenters. The molecule has 0 saturated carbocycles. The van der Waals surface area contributed by atoms with E-state index in [9.17, 15) is 9.18 Å². The Bertz CT molecular complexity index is 1160. The lowest BCUT2D eigenvalue weighted by molar-refractivity contribution is 0.0598. The van der Waals surface area contributed by atoms with Crippen LogP contribution in [0.1, 0.15) is 41.9 Å². The molecule has 0 radical (unpaired) electrons. The highest BCUT2D eigenvalue weighted by Crippen LogP contribution is 2.33. The number of fused-ring (bicyclic) bond motifs is 1. The van der Waals surface area contributed by atoms with Crippen LogP contribution in [0.2, 0.25) is 5.02 Å². The first-order valence-corrected chi connectivity index (χ1v) is 10.1. The van der Waals surface area contributed by atoms with Crippen molar-refractivity contribution in [3.8, 4) is 0 Å². The molecule has 8 nitrogen and oxygen atoms in total. The van der Waals surface area contributed by atoms with Crippen LogP contribution in [-0.4, -0.2) is 45.8 Å². The fraction of sp³-hybridized carbons (Fsp3) is 0.286. The van der Waals surface area contributed by atoms with E-state index in [4.69, 9.17) is 21.4 Å². The molecule has 31 heavy (non-hydrogen) atoms. The minimum Gasteiger partial charge on any atom is -0.422 e. The van der Waals surface area contributed by atoms with Crippen LogP contribution in [0.25, 0.3) is 11.2 Å². The second-order valence-corrected chi connectivity index (χ2v) is 7.79. The maximum Gasteiger partial charge on any atom is 0.256 e. The highest BCUT2D eigenvalue weighted by Gasteiger charge is 2.33. The Morgan fingerprint density at radius 1 is 1.42 bits per heavy atom. The number of aromatic nitrogens is 2. The van der Waals surface area contributed by atoms with Crippen LogP contribution in [0.15, 0.2) is 40.0 Å². The van der Waals surface area contributed by atoms with Crippen LogP contribution < -0.4 is 5.43 Å². The van der Waals surface area contributed by atoms with Gasteiger partial charge in [0.15, 0.2) is 0 Å². The Kier molecular flexibility index (Phi) is 5.94. The highest BCUT2D eigenvalue weighted by molar-refractivity contribution is 6.30. The van der Waals surface area contributed by atoms with Crippen molar-refractivity contribution in [2.75, 3.05) is 12.0 Å². The molecule has 4 rings (SSSR count). The van der Waals surface area contributed by atoms with Crippen molar-refractivity contribution in [2.45, 2.75) is 31.7 Å². The van der Waals surface area contributed by atoms with Crippen molar-refractivity contribution in [2.24, 2.45) is 5.10 Å². The average Bonchev–Trinajstić information content (AvgIpc) is 3.17. The number of rotatable bonds is 5. The van der Waals surface area contributed by atoms with Gasteiger partial charge in [0, 0.05) is 25.0 Å². The van der Waals surface area contributed by atoms with Crippen molar-refractivity contribution in [3.63, 3.8) is 0 Å². The SMILES string of the molecule is C[C@@H]1CCC(c2nc3cc(Cl)cnc3o2)CN1C(=O)c1ccc(F)cc1N/N=C\C=N. The van der Waals surface area contributed by atoms with Crippen molar-refractivity contribution in [3.05, 3.63) is 52.8 Å². The third-order valence-electron chi connectivity index (χ3n) is 5.27. The van der Waals surface area contributed by atoms with Gasteiger partial charge in [0.1, 0.15) is 11.3 Å². The van der Waals surface area contributed by atoms with E-state index in [1.807, 2.05) is 6.92 Å². The molecule has 1 aliphatic rings. The Balaban J connectivity index is 1.60. The highest BCUT2D eigenvalue weighted by atomic mass is 35.5. The predicted molar refractivity (Wildman–Crippen MR) is 117 cm³/mol. The minimum absolute atomic E-state index is 0.0105. The molecule has 2 N–H and O–H groups in total. The summed E-state index contributed by atoms with van der Waals surface area (Å²) in [4.78, 5) is 23.8. The van der Waals surface area contributed by atoms with E-state index in [2.05, 4.69) is 20.5 Å². The van der Waals surface area contributed by atoms with Crippen molar-refractivity contribution < 1.29 is 13.6 Å². The molecule has 1 aromatic carbocycles. The second-order valence-electron chi connectivity index (χ2n) is 7.36. The zero-order valence-electron chi connectivity index (χ0n) is 16.7. The number of piperidine rings is 1. The van der Waals surface area contributed by atoms with Gasteiger partial charge in [-0.2, -0.15) is 5.10 Å². The molecule has 1 aliphatic heterocycles. The molecule has 2 aromatic heterocycles. The number of carbonyl (C=O) groups is 1. The number of hydrogen-bond acceptors (Lipinski definition) is 7. The van der Waals surface area contributed by atoms with E-state index in [-0.39, 0.29) is 23.6 Å². The quantitative estimate of drug-likeness (QED) is 0.447. The number of carbonyl (C=O) groups excluding carboxylic acids is 1. The summed E-state index contributed by atoms with van der Waals surface area (Å²) in [5.74, 6) is -0.322. The van der Waals surface area contributed by atoms with Crippen molar-refractivity contribution in [1.29, 1.82) is 5.41 Å². The maximum atomic E-state index is 13.8. The van der Waals surface area contributed by atoms with Crippen molar-refractivity contribution >= 4 is 46.9 Å². The lowest BCUT2D eigenvalue weighted by Gasteiger charge is -2.37. The van der Waals surface area contributed by atoms with Gasteiger partial charge in [-0.1, -0.05) is 11.6 Å². The number of anilines is 1. The number of nitrogens with zero attached hydrogens (tertiary/aromatic N) is 4. The summed E-state index contributed by atoms with van der Waals surface area (Å²) in [7, 11) is 0. The van der Waals surface area contributed by atoms with Crippen LogP contribution >= 0.6 is 11.6 Å². The number of pyridine rings is 1. The van der Waals surface area contributed by atoms with Gasteiger partial charge in [-0.3, -0.25) is 10.2 Å². The Hall–Kier alpha value is -3.33. The first-order valence-electron chi connectivity index (χ1n) is 9.77. The van der Waals surface area contributed by atoms with E-state index in [0.717, 1.165) is 19.1 Å². The molecule has 3 heterocycles. The van der Waals surface area contributed by atoms with E-state index < -0.39 is 5.82 Å². The molecular formula is C21H20ClFN6O2. The second kappa shape index (κ2) is 8.81. The molecule has 0 bridgehead atoms. The van der Waals surface area contributed by atoms with Crippen LogP contribution in [0.5, 0.6) is 0 Å². The topological polar surface area (TPSA) is 107 Å². The predicted octanol–water partition coefficient (Wildman–Crippen LogP) is 4.47. The summed E-state index contributed by atoms with van der Waals surface area (Å²) in [6, 6.07) is 5.56. The fourth-order valence-corrected chi connectivity index (χ4v) is 3.83. The zero-order chi connectivity index (χ0) is 22.0. The van der Waals surface area contributed by atoms with E-state index >= 15 is 0 Å². The molecule has 1 fully saturated rings. The van der Waals surface area contributed by atoms with Gasteiger partial charge in [-0.15, -0.1) is 0 Å². The molecule has 10 heteroatoms. The first kappa shape index (κ1) is 20.9. The third-order valence-corrected chi connectivity index (χ3v) is 5.48. The van der Waals surface area contributed by atoms with Gasteiger partial charge in [-0.25, -0.2) is 14.4 Å². The first-order chi connectivity index (χ1) is 15.0. The summed E-state index contributed by atoms with van der Waals surface area (Å²) in [6.07, 6.45) is 5.25. The van der Waals surface area contributed by atoms with Gasteiger partial charge >= 0.3 is 0 Å².